The summed E-state index contributed by atoms with van der Waals surface area (Å²) in [5.74, 6) is 2.79. The lowest BCUT2D eigenvalue weighted by atomic mass is 9.97. The van der Waals surface area contributed by atoms with Crippen LogP contribution in [0.15, 0.2) is 0 Å². The van der Waals surface area contributed by atoms with Gasteiger partial charge in [0.1, 0.15) is 0 Å². The average Bonchev–Trinajstić information content (AvgIpc) is 2.41. The van der Waals surface area contributed by atoms with E-state index in [4.69, 9.17) is 5.73 Å². The van der Waals surface area contributed by atoms with E-state index in [9.17, 15) is 4.79 Å². The second-order valence-electron chi connectivity index (χ2n) is 4.77. The van der Waals surface area contributed by atoms with Crippen LogP contribution < -0.4 is 11.1 Å². The zero-order valence-corrected chi connectivity index (χ0v) is 12.3. The third-order valence-electron chi connectivity index (χ3n) is 3.29. The van der Waals surface area contributed by atoms with Gasteiger partial charge in [-0.05, 0) is 43.9 Å². The molecular weight excluding hydrogens is 246 g/mol. The lowest BCUT2D eigenvalue weighted by molar-refractivity contribution is -0.126. The average molecular weight is 273 g/mol. The van der Waals surface area contributed by atoms with Gasteiger partial charge in [-0.25, -0.2) is 0 Å². The Hall–Kier alpha value is -0.260. The molecule has 0 bridgehead atoms. The van der Waals surface area contributed by atoms with Crippen molar-refractivity contribution in [2.75, 3.05) is 44.2 Å². The monoisotopic (exact) mass is 273 g/mol. The van der Waals surface area contributed by atoms with Gasteiger partial charge >= 0.3 is 0 Å². The second kappa shape index (κ2) is 9.64. The Morgan fingerprint density at radius 2 is 2.39 bits per heavy atom. The lowest BCUT2D eigenvalue weighted by Gasteiger charge is -2.31. The highest BCUT2D eigenvalue weighted by molar-refractivity contribution is 7.99. The number of nitrogens with two attached hydrogens (primary N) is 1. The number of hydrogen-bond acceptors (Lipinski definition) is 4. The number of carbonyl (C=O) groups excluding carboxylic acids is 1. The fourth-order valence-corrected chi connectivity index (χ4v) is 2.97. The molecule has 0 radical (unpaired) electrons. The largest absolute Gasteiger partial charge is 0.355 e. The Labute approximate surface area is 115 Å². The number of nitrogens with zero attached hydrogens (tertiary/aromatic N) is 1. The van der Waals surface area contributed by atoms with Crippen LogP contribution in [0.3, 0.4) is 0 Å². The van der Waals surface area contributed by atoms with Gasteiger partial charge in [0.05, 0.1) is 5.92 Å². The number of likely N-dealkylation sites (tertiary alicyclic amines) is 1. The highest BCUT2D eigenvalue weighted by atomic mass is 32.2. The van der Waals surface area contributed by atoms with Gasteiger partial charge < -0.3 is 16.0 Å². The Balaban J connectivity index is 2.21. The summed E-state index contributed by atoms with van der Waals surface area (Å²) >= 11 is 2.00. The van der Waals surface area contributed by atoms with Crippen LogP contribution in [0.2, 0.25) is 0 Å². The summed E-state index contributed by atoms with van der Waals surface area (Å²) in [6.45, 7) is 6.53. The van der Waals surface area contributed by atoms with Crippen LogP contribution >= 0.6 is 11.8 Å². The summed E-state index contributed by atoms with van der Waals surface area (Å²) in [5, 5.41) is 2.90. The van der Waals surface area contributed by atoms with Crippen molar-refractivity contribution in [3.8, 4) is 0 Å². The Morgan fingerprint density at radius 1 is 1.56 bits per heavy atom. The Bertz CT molecular complexity index is 238. The van der Waals surface area contributed by atoms with Crippen LogP contribution in [0.25, 0.3) is 0 Å². The van der Waals surface area contributed by atoms with Crippen LogP contribution in [0, 0.1) is 5.92 Å². The normalized spacial score (nSPS) is 20.9. The predicted octanol–water partition coefficient (Wildman–Crippen LogP) is 0.917. The maximum atomic E-state index is 11.9. The zero-order valence-electron chi connectivity index (χ0n) is 11.5. The number of amides is 1. The molecule has 1 aliphatic rings. The molecule has 1 aliphatic heterocycles. The van der Waals surface area contributed by atoms with Crippen LogP contribution in [-0.2, 0) is 4.79 Å². The minimum Gasteiger partial charge on any atom is -0.355 e. The van der Waals surface area contributed by atoms with Gasteiger partial charge in [-0.2, -0.15) is 11.8 Å². The highest BCUT2D eigenvalue weighted by Gasteiger charge is 2.24. The van der Waals surface area contributed by atoms with Gasteiger partial charge in [-0.15, -0.1) is 0 Å². The fraction of sp³-hybridized carbons (Fsp3) is 0.923. The summed E-state index contributed by atoms with van der Waals surface area (Å²) in [6, 6.07) is 0. The maximum absolute atomic E-state index is 11.9. The molecule has 18 heavy (non-hydrogen) atoms. The molecule has 4 nitrogen and oxygen atoms in total. The predicted molar refractivity (Wildman–Crippen MR) is 78.8 cm³/mol. The number of hydrogen-bond donors (Lipinski definition) is 2. The minimum absolute atomic E-state index is 0.170. The molecule has 0 aliphatic carbocycles. The maximum Gasteiger partial charge on any atom is 0.224 e. The van der Waals surface area contributed by atoms with Crippen molar-refractivity contribution in [1.29, 1.82) is 0 Å². The van der Waals surface area contributed by atoms with Gasteiger partial charge in [0.25, 0.3) is 0 Å². The molecule has 1 rings (SSSR count). The molecule has 1 saturated heterocycles. The van der Waals surface area contributed by atoms with Crippen molar-refractivity contribution >= 4 is 17.7 Å². The van der Waals surface area contributed by atoms with Crippen LogP contribution in [0.5, 0.6) is 0 Å². The summed E-state index contributed by atoms with van der Waals surface area (Å²) in [5.41, 5.74) is 5.40. The molecule has 3 N–H and O–H groups in total. The number of thioether (sulfide) groups is 1. The first kappa shape index (κ1) is 15.8. The molecular formula is C13H27N3OS. The van der Waals surface area contributed by atoms with E-state index in [2.05, 4.69) is 17.1 Å². The lowest BCUT2D eigenvalue weighted by Crippen LogP contribution is -2.44. The first-order chi connectivity index (χ1) is 8.77. The number of piperidine rings is 1. The van der Waals surface area contributed by atoms with Crippen molar-refractivity contribution in [2.24, 2.45) is 11.7 Å². The first-order valence-electron chi connectivity index (χ1n) is 7.05. The number of carbonyl (C=O) groups is 1. The van der Waals surface area contributed by atoms with Crippen molar-refractivity contribution in [3.05, 3.63) is 0 Å². The highest BCUT2D eigenvalue weighted by Crippen LogP contribution is 2.17. The van der Waals surface area contributed by atoms with Crippen LogP contribution in [0.4, 0.5) is 0 Å². The van der Waals surface area contributed by atoms with Crippen molar-refractivity contribution in [1.82, 2.24) is 10.2 Å². The fourth-order valence-electron chi connectivity index (χ4n) is 2.35. The third kappa shape index (κ3) is 6.07. The van der Waals surface area contributed by atoms with E-state index in [1.54, 1.807) is 0 Å². The van der Waals surface area contributed by atoms with Crippen LogP contribution in [-0.4, -0.2) is 55.0 Å². The van der Waals surface area contributed by atoms with Crippen molar-refractivity contribution in [2.45, 2.75) is 26.2 Å². The zero-order chi connectivity index (χ0) is 13.2. The second-order valence-corrected chi connectivity index (χ2v) is 6.16. The summed E-state index contributed by atoms with van der Waals surface area (Å²) in [6.07, 6.45) is 3.40. The van der Waals surface area contributed by atoms with Gasteiger partial charge in [0, 0.05) is 19.6 Å². The Morgan fingerprint density at radius 3 is 3.11 bits per heavy atom. The molecule has 1 unspecified atom stereocenters. The molecule has 0 saturated carbocycles. The van der Waals surface area contributed by atoms with Crippen LogP contribution in [0.1, 0.15) is 26.2 Å². The van der Waals surface area contributed by atoms with E-state index < -0.39 is 0 Å². The molecule has 106 valence electrons. The molecule has 0 aromatic rings. The molecule has 1 atom stereocenters. The van der Waals surface area contributed by atoms with E-state index in [0.717, 1.165) is 32.5 Å². The van der Waals surface area contributed by atoms with Gasteiger partial charge in [0.15, 0.2) is 0 Å². The van der Waals surface area contributed by atoms with E-state index in [0.29, 0.717) is 13.1 Å². The SMILES string of the molecule is CCSCCCN1CCCC(C(=O)NCCN)C1. The molecule has 1 fully saturated rings. The van der Waals surface area contributed by atoms with Crippen molar-refractivity contribution < 1.29 is 4.79 Å². The van der Waals surface area contributed by atoms with E-state index in [1.165, 1.54) is 17.9 Å². The topological polar surface area (TPSA) is 58.4 Å². The van der Waals surface area contributed by atoms with Crippen molar-refractivity contribution in [3.63, 3.8) is 0 Å². The molecule has 5 heteroatoms. The van der Waals surface area contributed by atoms with E-state index >= 15 is 0 Å². The molecule has 0 spiro atoms. The quantitative estimate of drug-likeness (QED) is 0.646. The third-order valence-corrected chi connectivity index (χ3v) is 4.27. The Kier molecular flexibility index (Phi) is 8.46. The van der Waals surface area contributed by atoms with Gasteiger partial charge in [-0.3, -0.25) is 4.79 Å². The summed E-state index contributed by atoms with van der Waals surface area (Å²) < 4.78 is 0. The first-order valence-corrected chi connectivity index (χ1v) is 8.21. The van der Waals surface area contributed by atoms with Gasteiger partial charge in [-0.1, -0.05) is 6.92 Å². The smallest absolute Gasteiger partial charge is 0.224 e. The molecule has 1 amide bonds. The minimum atomic E-state index is 0.170. The standard InChI is InChI=1S/C13H27N3OS/c1-2-18-10-4-9-16-8-3-5-12(11-16)13(17)15-7-6-14/h12H,2-11,14H2,1H3,(H,15,17). The summed E-state index contributed by atoms with van der Waals surface area (Å²) in [4.78, 5) is 14.3. The molecule has 1 heterocycles. The van der Waals surface area contributed by atoms with Gasteiger partial charge in [0.2, 0.25) is 5.91 Å². The molecule has 0 aromatic heterocycles. The molecule has 0 aromatic carbocycles. The number of rotatable bonds is 8. The van der Waals surface area contributed by atoms with E-state index in [-0.39, 0.29) is 11.8 Å². The summed E-state index contributed by atoms with van der Waals surface area (Å²) in [7, 11) is 0. The number of nitrogens with one attached hydrogen (secondary N) is 1. The van der Waals surface area contributed by atoms with E-state index in [1.807, 2.05) is 11.8 Å².